The summed E-state index contributed by atoms with van der Waals surface area (Å²) in [5.74, 6) is -0.568. The molecule has 0 heterocycles. The van der Waals surface area contributed by atoms with Crippen molar-refractivity contribution in [1.82, 2.24) is 5.32 Å². The molecule has 2 rings (SSSR count). The van der Waals surface area contributed by atoms with Crippen LogP contribution in [0, 0.1) is 17.1 Å². The molecule has 0 aliphatic rings. The molecule has 6 nitrogen and oxygen atoms in total. The number of benzene rings is 2. The Kier molecular flexibility index (Phi) is 5.39. The number of sulfone groups is 1. The van der Waals surface area contributed by atoms with Crippen molar-refractivity contribution >= 4 is 21.6 Å². The molecule has 2 amide bonds. The van der Waals surface area contributed by atoms with E-state index < -0.39 is 27.7 Å². The van der Waals surface area contributed by atoms with E-state index in [4.69, 9.17) is 5.26 Å². The Morgan fingerprint density at radius 1 is 1.20 bits per heavy atom. The molecule has 0 saturated heterocycles. The Bertz CT molecular complexity index is 935. The second-order valence-electron chi connectivity index (χ2n) is 5.46. The number of nitrogens with one attached hydrogen (secondary N) is 2. The summed E-state index contributed by atoms with van der Waals surface area (Å²) in [6, 6.07) is 10.5. The first kappa shape index (κ1) is 18.4. The molecule has 1 atom stereocenters. The van der Waals surface area contributed by atoms with Crippen LogP contribution in [0.15, 0.2) is 47.4 Å². The summed E-state index contributed by atoms with van der Waals surface area (Å²) in [6.07, 6.45) is 1.12. The monoisotopic (exact) mass is 361 g/mol. The fourth-order valence-electron chi connectivity index (χ4n) is 2.16. The molecule has 0 fully saturated rings. The summed E-state index contributed by atoms with van der Waals surface area (Å²) in [5.41, 5.74) is 0.920. The summed E-state index contributed by atoms with van der Waals surface area (Å²) in [6.45, 7) is 1.73. The normalized spacial score (nSPS) is 12.1. The van der Waals surface area contributed by atoms with Crippen LogP contribution in [0.2, 0.25) is 0 Å². The maximum atomic E-state index is 13.1. The summed E-state index contributed by atoms with van der Waals surface area (Å²) in [4.78, 5) is 12.2. The van der Waals surface area contributed by atoms with E-state index in [2.05, 4.69) is 10.6 Å². The number of anilines is 1. The highest BCUT2D eigenvalue weighted by Crippen LogP contribution is 2.18. The van der Waals surface area contributed by atoms with Crippen LogP contribution in [0.25, 0.3) is 0 Å². The van der Waals surface area contributed by atoms with Crippen molar-refractivity contribution in [2.45, 2.75) is 17.9 Å². The van der Waals surface area contributed by atoms with Crippen LogP contribution in [-0.2, 0) is 9.84 Å². The number of carbonyl (C=O) groups excluding carboxylic acids is 1. The lowest BCUT2D eigenvalue weighted by Crippen LogP contribution is -2.31. The zero-order valence-electron chi connectivity index (χ0n) is 13.6. The lowest BCUT2D eigenvalue weighted by atomic mass is 10.1. The van der Waals surface area contributed by atoms with Gasteiger partial charge < -0.3 is 10.6 Å². The molecule has 0 spiro atoms. The molecule has 8 heteroatoms. The first-order valence-electron chi connectivity index (χ1n) is 7.28. The molecule has 0 bridgehead atoms. The van der Waals surface area contributed by atoms with Gasteiger partial charge in [0.05, 0.1) is 22.2 Å². The summed E-state index contributed by atoms with van der Waals surface area (Å²) in [5, 5.41) is 14.1. The van der Waals surface area contributed by atoms with Crippen LogP contribution in [0.4, 0.5) is 14.9 Å². The number of carbonyl (C=O) groups is 1. The van der Waals surface area contributed by atoms with Gasteiger partial charge in [-0.25, -0.2) is 17.6 Å². The predicted molar refractivity (Wildman–Crippen MR) is 91.2 cm³/mol. The van der Waals surface area contributed by atoms with Crippen LogP contribution in [0.5, 0.6) is 0 Å². The largest absolute Gasteiger partial charge is 0.331 e. The van der Waals surface area contributed by atoms with E-state index in [1.807, 2.05) is 6.07 Å². The van der Waals surface area contributed by atoms with Gasteiger partial charge in [0, 0.05) is 6.26 Å². The van der Waals surface area contributed by atoms with Gasteiger partial charge in [0.1, 0.15) is 11.9 Å². The van der Waals surface area contributed by atoms with Crippen molar-refractivity contribution in [2.24, 2.45) is 0 Å². The van der Waals surface area contributed by atoms with Crippen LogP contribution in [-0.4, -0.2) is 20.7 Å². The average molecular weight is 361 g/mol. The van der Waals surface area contributed by atoms with Gasteiger partial charge >= 0.3 is 6.03 Å². The van der Waals surface area contributed by atoms with Gasteiger partial charge in [-0.2, -0.15) is 5.26 Å². The van der Waals surface area contributed by atoms with Crippen molar-refractivity contribution in [1.29, 1.82) is 5.26 Å². The standard InChI is InChI=1S/C17H16FN3O3S/c1-11(12-3-6-15(7-4-12)25(2,23)24)20-17(22)21-16-8-5-14(18)9-13(16)10-19/h3-9,11H,1-2H3,(H2,20,21,22). The van der Waals surface area contributed by atoms with Gasteiger partial charge in [-0.05, 0) is 42.8 Å². The van der Waals surface area contributed by atoms with E-state index in [-0.39, 0.29) is 16.1 Å². The number of halogens is 1. The predicted octanol–water partition coefficient (Wildman–Crippen LogP) is 2.98. The third-order valence-electron chi connectivity index (χ3n) is 3.51. The van der Waals surface area contributed by atoms with Crippen LogP contribution >= 0.6 is 0 Å². The number of hydrogen-bond donors (Lipinski definition) is 2. The molecule has 0 aliphatic carbocycles. The van der Waals surface area contributed by atoms with E-state index in [1.165, 1.54) is 18.2 Å². The van der Waals surface area contributed by atoms with E-state index in [0.717, 1.165) is 18.4 Å². The lowest BCUT2D eigenvalue weighted by molar-refractivity contribution is 0.249. The summed E-state index contributed by atoms with van der Waals surface area (Å²) >= 11 is 0. The Hall–Kier alpha value is -2.92. The number of nitriles is 1. The minimum Gasteiger partial charge on any atom is -0.331 e. The van der Waals surface area contributed by atoms with Gasteiger partial charge in [-0.1, -0.05) is 12.1 Å². The minimum atomic E-state index is -3.28. The molecular weight excluding hydrogens is 345 g/mol. The van der Waals surface area contributed by atoms with Gasteiger partial charge in [0.25, 0.3) is 0 Å². The molecule has 2 aromatic rings. The van der Waals surface area contributed by atoms with Crippen molar-refractivity contribution in [3.63, 3.8) is 0 Å². The fourth-order valence-corrected chi connectivity index (χ4v) is 2.79. The highest BCUT2D eigenvalue weighted by molar-refractivity contribution is 7.90. The molecule has 0 radical (unpaired) electrons. The Balaban J connectivity index is 2.07. The number of nitrogens with zero attached hydrogens (tertiary/aromatic N) is 1. The van der Waals surface area contributed by atoms with Crippen LogP contribution in [0.1, 0.15) is 24.1 Å². The topological polar surface area (TPSA) is 99.1 Å². The Labute approximate surface area is 145 Å². The van der Waals surface area contributed by atoms with E-state index in [0.29, 0.717) is 5.56 Å². The Morgan fingerprint density at radius 3 is 2.40 bits per heavy atom. The molecular formula is C17H16FN3O3S. The van der Waals surface area contributed by atoms with Crippen molar-refractivity contribution in [3.8, 4) is 6.07 Å². The molecule has 0 aromatic heterocycles. The maximum Gasteiger partial charge on any atom is 0.319 e. The summed E-state index contributed by atoms with van der Waals surface area (Å²) < 4.78 is 36.0. The summed E-state index contributed by atoms with van der Waals surface area (Å²) in [7, 11) is -3.28. The Morgan fingerprint density at radius 2 is 1.84 bits per heavy atom. The molecule has 1 unspecified atom stereocenters. The van der Waals surface area contributed by atoms with Gasteiger partial charge in [-0.15, -0.1) is 0 Å². The highest BCUT2D eigenvalue weighted by atomic mass is 32.2. The van der Waals surface area contributed by atoms with E-state index in [9.17, 15) is 17.6 Å². The third kappa shape index (κ3) is 4.78. The van der Waals surface area contributed by atoms with Crippen molar-refractivity contribution < 1.29 is 17.6 Å². The molecule has 130 valence electrons. The second kappa shape index (κ2) is 7.32. The SMILES string of the molecule is CC(NC(=O)Nc1ccc(F)cc1C#N)c1ccc(S(C)(=O)=O)cc1. The quantitative estimate of drug-likeness (QED) is 0.874. The minimum absolute atomic E-state index is 0.0142. The molecule has 25 heavy (non-hydrogen) atoms. The third-order valence-corrected chi connectivity index (χ3v) is 4.63. The smallest absolute Gasteiger partial charge is 0.319 e. The molecule has 2 N–H and O–H groups in total. The lowest BCUT2D eigenvalue weighted by Gasteiger charge is -2.16. The number of hydrogen-bond acceptors (Lipinski definition) is 4. The first-order valence-corrected chi connectivity index (χ1v) is 9.17. The fraction of sp³-hybridized carbons (Fsp3) is 0.176. The van der Waals surface area contributed by atoms with Crippen LogP contribution in [0.3, 0.4) is 0 Å². The number of amides is 2. The number of urea groups is 1. The van der Waals surface area contributed by atoms with Crippen LogP contribution < -0.4 is 10.6 Å². The van der Waals surface area contributed by atoms with Crippen molar-refractivity contribution in [3.05, 3.63) is 59.4 Å². The molecule has 0 saturated carbocycles. The van der Waals surface area contributed by atoms with Gasteiger partial charge in [-0.3, -0.25) is 0 Å². The highest BCUT2D eigenvalue weighted by Gasteiger charge is 2.13. The molecule has 0 aliphatic heterocycles. The number of rotatable bonds is 4. The zero-order chi connectivity index (χ0) is 18.6. The first-order chi connectivity index (χ1) is 11.7. The zero-order valence-corrected chi connectivity index (χ0v) is 14.4. The maximum absolute atomic E-state index is 13.1. The van der Waals surface area contributed by atoms with Gasteiger partial charge in [0.2, 0.25) is 0 Å². The van der Waals surface area contributed by atoms with Gasteiger partial charge in [0.15, 0.2) is 9.84 Å². The van der Waals surface area contributed by atoms with Crippen molar-refractivity contribution in [2.75, 3.05) is 11.6 Å². The average Bonchev–Trinajstić information content (AvgIpc) is 2.55. The molecule has 2 aromatic carbocycles. The van der Waals surface area contributed by atoms with E-state index in [1.54, 1.807) is 19.1 Å². The van der Waals surface area contributed by atoms with E-state index >= 15 is 0 Å². The second-order valence-corrected chi connectivity index (χ2v) is 7.48.